The second-order valence-electron chi connectivity index (χ2n) is 7.76. The number of hydrogen-bond acceptors (Lipinski definition) is 7. The average Bonchev–Trinajstić information content (AvgIpc) is 3.17. The Bertz CT molecular complexity index is 1560. The fourth-order valence-electron chi connectivity index (χ4n) is 3.92. The third-order valence-corrected chi connectivity index (χ3v) is 6.48. The number of hydrogen-bond donors (Lipinski definition) is 0. The maximum absolute atomic E-state index is 13.7. The first kappa shape index (κ1) is 24.9. The van der Waals surface area contributed by atoms with Crippen molar-refractivity contribution < 1.29 is 23.4 Å². The summed E-state index contributed by atoms with van der Waals surface area (Å²) >= 11 is 1.19. The van der Waals surface area contributed by atoms with Crippen molar-refractivity contribution in [2.75, 3.05) is 20.3 Å². The lowest BCUT2D eigenvalue weighted by Gasteiger charge is -2.24. The van der Waals surface area contributed by atoms with E-state index in [1.54, 1.807) is 50.3 Å². The first-order valence-electron chi connectivity index (χ1n) is 11.1. The number of methoxy groups -OCH3 is 1. The largest absolute Gasteiger partial charge is 0.493 e. The molecule has 0 radical (unpaired) electrons. The quantitative estimate of drug-likeness (QED) is 0.364. The Kier molecular flexibility index (Phi) is 7.36. The molecule has 0 N–H and O–H groups in total. The fraction of sp³-hybridized carbons (Fsp3) is 0.222. The average molecular weight is 507 g/mol. The van der Waals surface area contributed by atoms with Gasteiger partial charge < -0.3 is 14.2 Å². The minimum atomic E-state index is -0.808. The predicted octanol–water partition coefficient (Wildman–Crippen LogP) is 2.96. The summed E-state index contributed by atoms with van der Waals surface area (Å²) in [6.45, 7) is 3.66. The van der Waals surface area contributed by atoms with E-state index in [1.165, 1.54) is 35.1 Å². The fourth-order valence-corrected chi connectivity index (χ4v) is 4.96. The highest BCUT2D eigenvalue weighted by Crippen LogP contribution is 2.31. The van der Waals surface area contributed by atoms with Crippen LogP contribution < -0.4 is 24.4 Å². The highest BCUT2D eigenvalue weighted by atomic mass is 32.1. The highest BCUT2D eigenvalue weighted by Gasteiger charge is 2.33. The van der Waals surface area contributed by atoms with Crippen molar-refractivity contribution in [3.05, 3.63) is 90.4 Å². The Morgan fingerprint density at radius 3 is 2.67 bits per heavy atom. The van der Waals surface area contributed by atoms with Crippen molar-refractivity contribution in [3.8, 4) is 23.8 Å². The van der Waals surface area contributed by atoms with E-state index < -0.39 is 17.8 Å². The Labute approximate surface area is 210 Å². The van der Waals surface area contributed by atoms with Crippen molar-refractivity contribution in [2.45, 2.75) is 19.9 Å². The summed E-state index contributed by atoms with van der Waals surface area (Å²) in [6, 6.07) is 10.1. The number of esters is 1. The van der Waals surface area contributed by atoms with Gasteiger partial charge in [0.15, 0.2) is 16.3 Å². The van der Waals surface area contributed by atoms with Crippen LogP contribution in [0.5, 0.6) is 11.5 Å². The van der Waals surface area contributed by atoms with E-state index >= 15 is 0 Å². The number of ether oxygens (including phenoxy) is 3. The van der Waals surface area contributed by atoms with Crippen LogP contribution in [0.15, 0.2) is 63.5 Å². The van der Waals surface area contributed by atoms with Crippen LogP contribution in [0.2, 0.25) is 0 Å². The lowest BCUT2D eigenvalue weighted by Crippen LogP contribution is -2.39. The number of nitrogens with zero attached hydrogens (tertiary/aromatic N) is 2. The molecule has 4 rings (SSSR count). The van der Waals surface area contributed by atoms with E-state index in [1.807, 2.05) is 0 Å². The van der Waals surface area contributed by atoms with Gasteiger partial charge in [0.25, 0.3) is 5.56 Å². The molecule has 7 nitrogen and oxygen atoms in total. The lowest BCUT2D eigenvalue weighted by atomic mass is 9.96. The molecule has 184 valence electrons. The lowest BCUT2D eigenvalue weighted by molar-refractivity contribution is -0.139. The molecule has 0 fully saturated rings. The number of carbonyl (C=O) groups is 1. The minimum Gasteiger partial charge on any atom is -0.493 e. The maximum atomic E-state index is 13.7. The molecule has 1 aliphatic rings. The van der Waals surface area contributed by atoms with Crippen molar-refractivity contribution >= 4 is 23.4 Å². The van der Waals surface area contributed by atoms with Crippen LogP contribution in [-0.4, -0.2) is 30.9 Å². The van der Waals surface area contributed by atoms with E-state index in [4.69, 9.17) is 20.6 Å². The van der Waals surface area contributed by atoms with Gasteiger partial charge >= 0.3 is 5.97 Å². The molecular formula is C27H23FN2O5S. The normalized spacial score (nSPS) is 15.1. The van der Waals surface area contributed by atoms with E-state index in [0.29, 0.717) is 37.7 Å². The zero-order valence-electron chi connectivity index (χ0n) is 19.9. The molecule has 9 heteroatoms. The Morgan fingerprint density at radius 2 is 2.00 bits per heavy atom. The smallest absolute Gasteiger partial charge is 0.338 e. The number of terminal acetylenes is 1. The van der Waals surface area contributed by atoms with Gasteiger partial charge in [0.1, 0.15) is 12.4 Å². The Balaban J connectivity index is 1.87. The van der Waals surface area contributed by atoms with Gasteiger partial charge in [0, 0.05) is 0 Å². The minimum absolute atomic E-state index is 0.0971. The molecule has 1 aliphatic heterocycles. The molecule has 0 unspecified atom stereocenters. The van der Waals surface area contributed by atoms with Crippen molar-refractivity contribution in [1.82, 2.24) is 4.57 Å². The molecule has 0 saturated heterocycles. The van der Waals surface area contributed by atoms with Crippen LogP contribution >= 0.6 is 11.3 Å². The van der Waals surface area contributed by atoms with Crippen LogP contribution in [-0.2, 0) is 9.53 Å². The molecule has 0 bridgehead atoms. The number of fused-ring (bicyclic) bond motifs is 1. The Morgan fingerprint density at radius 1 is 1.25 bits per heavy atom. The SMILES string of the molecule is C#CCOc1ccc(/C=c2\sc3n(c2=O)[C@@H](c2ccc(F)cc2)C(C(=O)OCC)=C(C)N=3)cc1OC. The molecule has 2 aromatic carbocycles. The third-order valence-electron chi connectivity index (χ3n) is 5.50. The predicted molar refractivity (Wildman–Crippen MR) is 134 cm³/mol. The second-order valence-corrected chi connectivity index (χ2v) is 8.77. The van der Waals surface area contributed by atoms with Crippen molar-refractivity contribution in [2.24, 2.45) is 4.99 Å². The van der Waals surface area contributed by atoms with Gasteiger partial charge in [-0.3, -0.25) is 9.36 Å². The van der Waals surface area contributed by atoms with E-state index in [2.05, 4.69) is 10.9 Å². The van der Waals surface area contributed by atoms with Crippen LogP contribution in [0.3, 0.4) is 0 Å². The summed E-state index contributed by atoms with van der Waals surface area (Å²) in [4.78, 5) is 31.5. The maximum Gasteiger partial charge on any atom is 0.338 e. The molecule has 1 atom stereocenters. The number of allylic oxidation sites excluding steroid dienone is 1. The van der Waals surface area contributed by atoms with Crippen LogP contribution in [0.4, 0.5) is 4.39 Å². The van der Waals surface area contributed by atoms with E-state index in [0.717, 1.165) is 0 Å². The molecular weight excluding hydrogens is 483 g/mol. The van der Waals surface area contributed by atoms with Gasteiger partial charge in [-0.2, -0.15) is 0 Å². The summed E-state index contributed by atoms with van der Waals surface area (Å²) in [5.74, 6) is 2.36. The molecule has 0 amide bonds. The van der Waals surface area contributed by atoms with E-state index in [-0.39, 0.29) is 24.3 Å². The standard InChI is InChI=1S/C27H23FN2O5S/c1-5-13-35-20-12-7-17(14-21(20)33-4)15-22-25(31)30-24(18-8-10-19(28)11-9-18)23(26(32)34-6-2)16(3)29-27(30)36-22/h1,7-12,14-15,24H,6,13H2,2-4H3/b22-15-/t24-/m0/s1. The first-order valence-corrected chi connectivity index (χ1v) is 11.9. The third kappa shape index (κ3) is 4.81. The molecule has 36 heavy (non-hydrogen) atoms. The van der Waals surface area contributed by atoms with Crippen LogP contribution in [0, 0.1) is 18.2 Å². The number of rotatable bonds is 7. The summed E-state index contributed by atoms with van der Waals surface area (Å²) < 4.78 is 31.6. The number of aromatic nitrogens is 1. The molecule has 0 spiro atoms. The molecule has 0 aliphatic carbocycles. The number of benzene rings is 2. The summed E-state index contributed by atoms with van der Waals surface area (Å²) in [6.07, 6.45) is 6.97. The number of halogens is 1. The zero-order chi connectivity index (χ0) is 25.8. The number of carbonyl (C=O) groups excluding carboxylic acids is 1. The van der Waals surface area contributed by atoms with Gasteiger partial charge in [-0.25, -0.2) is 14.2 Å². The van der Waals surface area contributed by atoms with Gasteiger partial charge in [0.05, 0.1) is 35.6 Å². The van der Waals surface area contributed by atoms with Gasteiger partial charge in [-0.1, -0.05) is 35.5 Å². The molecule has 1 aromatic heterocycles. The van der Waals surface area contributed by atoms with Gasteiger partial charge in [0.2, 0.25) is 0 Å². The second kappa shape index (κ2) is 10.6. The molecule has 2 heterocycles. The highest BCUT2D eigenvalue weighted by molar-refractivity contribution is 7.07. The first-order chi connectivity index (χ1) is 17.4. The topological polar surface area (TPSA) is 79.1 Å². The summed E-state index contributed by atoms with van der Waals surface area (Å²) in [5.41, 5.74) is 1.60. The molecule has 0 saturated carbocycles. The van der Waals surface area contributed by atoms with Gasteiger partial charge in [-0.15, -0.1) is 6.42 Å². The monoisotopic (exact) mass is 506 g/mol. The number of thiazole rings is 1. The van der Waals surface area contributed by atoms with Crippen molar-refractivity contribution in [1.29, 1.82) is 0 Å². The van der Waals surface area contributed by atoms with Crippen LogP contribution in [0.25, 0.3) is 6.08 Å². The van der Waals surface area contributed by atoms with Crippen molar-refractivity contribution in [3.63, 3.8) is 0 Å². The van der Waals surface area contributed by atoms with Crippen LogP contribution in [0.1, 0.15) is 31.0 Å². The van der Waals surface area contributed by atoms with Gasteiger partial charge in [-0.05, 0) is 55.3 Å². The van der Waals surface area contributed by atoms with E-state index in [9.17, 15) is 14.0 Å². The Hall–Kier alpha value is -4.16. The summed E-state index contributed by atoms with van der Waals surface area (Å²) in [7, 11) is 1.51. The summed E-state index contributed by atoms with van der Waals surface area (Å²) in [5, 5.41) is 0. The molecule has 3 aromatic rings. The zero-order valence-corrected chi connectivity index (χ0v) is 20.7.